The molecule has 0 fully saturated rings. The molecule has 1 amide bonds. The molecule has 1 N–H and O–H groups in total. The molecule has 0 aliphatic rings. The van der Waals surface area contributed by atoms with E-state index in [1.807, 2.05) is 67.9 Å². The van der Waals surface area contributed by atoms with Crippen LogP contribution in [0.3, 0.4) is 0 Å². The maximum absolute atomic E-state index is 12.3. The molecule has 0 bridgehead atoms. The van der Waals surface area contributed by atoms with Crippen LogP contribution in [0, 0.1) is 6.92 Å². The molecule has 4 nitrogen and oxygen atoms in total. The minimum atomic E-state index is -0.0667. The van der Waals surface area contributed by atoms with Crippen LogP contribution in [0.15, 0.2) is 60.0 Å². The average Bonchev–Trinajstić information content (AvgIpc) is 3.20. The van der Waals surface area contributed by atoms with Gasteiger partial charge < -0.3 is 9.88 Å². The molecule has 2 aromatic carbocycles. The number of hydrogen-bond acceptors (Lipinski definition) is 3. The number of nitrogens with one attached hydrogen (secondary N) is 1. The molecule has 0 unspecified atom stereocenters. The normalized spacial score (nSPS) is 11.0. The van der Waals surface area contributed by atoms with Crippen LogP contribution in [-0.4, -0.2) is 15.5 Å². The fraction of sp³-hybridized carbons (Fsp3) is 0.100. The molecule has 0 atom stereocenters. The number of fused-ring (bicyclic) bond motifs is 1. The molecule has 0 spiro atoms. The van der Waals surface area contributed by atoms with Crippen molar-refractivity contribution >= 4 is 34.0 Å². The number of nitrogens with zero attached hydrogens (tertiary/aromatic N) is 2. The van der Waals surface area contributed by atoms with Gasteiger partial charge in [-0.15, -0.1) is 11.3 Å². The van der Waals surface area contributed by atoms with E-state index < -0.39 is 0 Å². The van der Waals surface area contributed by atoms with Gasteiger partial charge in [0.25, 0.3) is 5.91 Å². The first-order valence-corrected chi connectivity index (χ1v) is 8.89. The smallest absolute Gasteiger partial charge is 0.265 e. The Bertz CT molecular complexity index is 1060. The fourth-order valence-corrected chi connectivity index (χ4v) is 3.72. The summed E-state index contributed by atoms with van der Waals surface area (Å²) in [5.74, 6) is 0.844. The van der Waals surface area contributed by atoms with Gasteiger partial charge in [-0.2, -0.15) is 0 Å². The van der Waals surface area contributed by atoms with Crippen LogP contribution in [0.1, 0.15) is 15.2 Å². The number of rotatable bonds is 3. The molecule has 4 rings (SSSR count). The molecule has 0 saturated carbocycles. The molecule has 0 aliphatic carbocycles. The average molecular weight is 347 g/mol. The highest BCUT2D eigenvalue weighted by molar-refractivity contribution is 7.12. The molecule has 2 aromatic heterocycles. The lowest BCUT2D eigenvalue weighted by Gasteiger charge is -2.07. The zero-order valence-electron chi connectivity index (χ0n) is 14.0. The molecule has 124 valence electrons. The summed E-state index contributed by atoms with van der Waals surface area (Å²) in [6.45, 7) is 1.94. The molecular formula is C20H17N3OS. The maximum atomic E-state index is 12.3. The molecule has 5 heteroatoms. The van der Waals surface area contributed by atoms with E-state index in [-0.39, 0.29) is 5.91 Å². The van der Waals surface area contributed by atoms with Crippen LogP contribution in [0.25, 0.3) is 22.4 Å². The Morgan fingerprint density at radius 2 is 1.84 bits per heavy atom. The number of imidazole rings is 1. The van der Waals surface area contributed by atoms with Crippen molar-refractivity contribution < 1.29 is 4.79 Å². The first-order valence-electron chi connectivity index (χ1n) is 8.01. The third-order valence-electron chi connectivity index (χ3n) is 4.26. The number of benzene rings is 2. The highest BCUT2D eigenvalue weighted by Gasteiger charge is 2.12. The van der Waals surface area contributed by atoms with E-state index in [4.69, 9.17) is 4.98 Å². The van der Waals surface area contributed by atoms with Crippen LogP contribution >= 0.6 is 11.3 Å². The fourth-order valence-electron chi connectivity index (χ4n) is 2.90. The van der Waals surface area contributed by atoms with E-state index in [9.17, 15) is 4.79 Å². The maximum Gasteiger partial charge on any atom is 0.265 e. The Kier molecular flexibility index (Phi) is 3.86. The zero-order valence-corrected chi connectivity index (χ0v) is 14.8. The number of para-hydroxylation sites is 2. The van der Waals surface area contributed by atoms with Crippen LogP contribution in [-0.2, 0) is 7.05 Å². The van der Waals surface area contributed by atoms with Gasteiger partial charge in [0.1, 0.15) is 5.82 Å². The van der Waals surface area contributed by atoms with E-state index in [0.717, 1.165) is 38.5 Å². The van der Waals surface area contributed by atoms with E-state index in [1.165, 1.54) is 11.3 Å². The van der Waals surface area contributed by atoms with Crippen molar-refractivity contribution in [2.45, 2.75) is 6.92 Å². The number of aromatic nitrogens is 2. The second kappa shape index (κ2) is 6.18. The van der Waals surface area contributed by atoms with E-state index in [2.05, 4.69) is 16.0 Å². The summed E-state index contributed by atoms with van der Waals surface area (Å²) in [7, 11) is 2.01. The summed E-state index contributed by atoms with van der Waals surface area (Å²) in [4.78, 5) is 17.8. The lowest BCUT2D eigenvalue weighted by Crippen LogP contribution is -2.11. The monoisotopic (exact) mass is 347 g/mol. The van der Waals surface area contributed by atoms with Crippen molar-refractivity contribution in [3.63, 3.8) is 0 Å². The Morgan fingerprint density at radius 3 is 2.52 bits per heavy atom. The first kappa shape index (κ1) is 15.6. The third kappa shape index (κ3) is 2.83. The summed E-state index contributed by atoms with van der Waals surface area (Å²) < 4.78 is 2.08. The predicted octanol–water partition coefficient (Wildman–Crippen LogP) is 4.86. The van der Waals surface area contributed by atoms with Gasteiger partial charge in [-0.05, 0) is 60.3 Å². The molecule has 0 radical (unpaired) electrons. The van der Waals surface area contributed by atoms with Crippen molar-refractivity contribution in [2.24, 2.45) is 7.05 Å². The van der Waals surface area contributed by atoms with Crippen LogP contribution in [0.5, 0.6) is 0 Å². The first-order chi connectivity index (χ1) is 12.1. The Morgan fingerprint density at radius 1 is 1.08 bits per heavy atom. The predicted molar refractivity (Wildman–Crippen MR) is 103 cm³/mol. The van der Waals surface area contributed by atoms with Gasteiger partial charge in [0.2, 0.25) is 0 Å². The summed E-state index contributed by atoms with van der Waals surface area (Å²) in [6, 6.07) is 17.8. The lowest BCUT2D eigenvalue weighted by molar-refractivity contribution is 0.103. The number of amides is 1. The number of hydrogen-bond donors (Lipinski definition) is 1. The van der Waals surface area contributed by atoms with Gasteiger partial charge in [0.05, 0.1) is 15.9 Å². The molecule has 0 saturated heterocycles. The van der Waals surface area contributed by atoms with Crippen LogP contribution in [0.4, 0.5) is 5.69 Å². The Labute approximate surface area is 149 Å². The molecule has 2 heterocycles. The molecule has 0 aliphatic heterocycles. The topological polar surface area (TPSA) is 46.9 Å². The van der Waals surface area contributed by atoms with Crippen molar-refractivity contribution in [1.82, 2.24) is 9.55 Å². The highest BCUT2D eigenvalue weighted by Crippen LogP contribution is 2.25. The van der Waals surface area contributed by atoms with Gasteiger partial charge in [0, 0.05) is 18.3 Å². The Balaban J connectivity index is 1.60. The second-order valence-electron chi connectivity index (χ2n) is 5.95. The van der Waals surface area contributed by atoms with E-state index in [0.29, 0.717) is 0 Å². The SMILES string of the molecule is Cc1ccsc1C(=O)Nc1ccc(-c2nc3ccccc3n2C)cc1. The minimum Gasteiger partial charge on any atom is -0.327 e. The van der Waals surface area contributed by atoms with Gasteiger partial charge in [0.15, 0.2) is 0 Å². The van der Waals surface area contributed by atoms with E-state index >= 15 is 0 Å². The standard InChI is InChI=1S/C20H17N3OS/c1-13-11-12-25-18(13)20(24)21-15-9-7-14(8-10-15)19-22-16-5-3-4-6-17(16)23(19)2/h3-12H,1-2H3,(H,21,24). The molecular weight excluding hydrogens is 330 g/mol. The van der Waals surface area contributed by atoms with Gasteiger partial charge in [-0.1, -0.05) is 12.1 Å². The number of thiophene rings is 1. The number of carbonyl (C=O) groups excluding carboxylic acids is 1. The van der Waals surface area contributed by atoms with Gasteiger partial charge in [-0.25, -0.2) is 4.98 Å². The highest BCUT2D eigenvalue weighted by atomic mass is 32.1. The summed E-state index contributed by atoms with van der Waals surface area (Å²) in [5, 5.41) is 4.88. The van der Waals surface area contributed by atoms with Gasteiger partial charge in [-0.3, -0.25) is 4.79 Å². The minimum absolute atomic E-state index is 0.0667. The van der Waals surface area contributed by atoms with Crippen LogP contribution < -0.4 is 5.32 Å². The summed E-state index contributed by atoms with van der Waals surface area (Å²) in [6.07, 6.45) is 0. The van der Waals surface area contributed by atoms with E-state index in [1.54, 1.807) is 0 Å². The lowest BCUT2D eigenvalue weighted by atomic mass is 10.2. The number of aryl methyl sites for hydroxylation is 2. The number of carbonyl (C=O) groups is 1. The van der Waals surface area contributed by atoms with Gasteiger partial charge >= 0.3 is 0 Å². The molecule has 4 aromatic rings. The van der Waals surface area contributed by atoms with Crippen LogP contribution in [0.2, 0.25) is 0 Å². The molecule has 25 heavy (non-hydrogen) atoms. The second-order valence-corrected chi connectivity index (χ2v) is 6.86. The Hall–Kier alpha value is -2.92. The van der Waals surface area contributed by atoms with Crippen molar-refractivity contribution in [1.29, 1.82) is 0 Å². The number of anilines is 1. The van der Waals surface area contributed by atoms with Crippen molar-refractivity contribution in [3.8, 4) is 11.4 Å². The quantitative estimate of drug-likeness (QED) is 0.575. The largest absolute Gasteiger partial charge is 0.327 e. The van der Waals surface area contributed by atoms with Crippen molar-refractivity contribution in [2.75, 3.05) is 5.32 Å². The zero-order chi connectivity index (χ0) is 17.4. The third-order valence-corrected chi connectivity index (χ3v) is 5.27. The summed E-state index contributed by atoms with van der Waals surface area (Å²) in [5.41, 5.74) is 4.87. The van der Waals surface area contributed by atoms with Crippen molar-refractivity contribution in [3.05, 3.63) is 70.4 Å². The summed E-state index contributed by atoms with van der Waals surface area (Å²) >= 11 is 1.46.